The predicted octanol–water partition coefficient (Wildman–Crippen LogP) is 1.20. The maximum absolute atomic E-state index is 12.0. The zero-order valence-electron chi connectivity index (χ0n) is 10.4. The van der Waals surface area contributed by atoms with Gasteiger partial charge in [0.2, 0.25) is 0 Å². The number of ether oxygens (including phenoxy) is 1. The second-order valence-corrected chi connectivity index (χ2v) is 4.32. The fourth-order valence-corrected chi connectivity index (χ4v) is 1.85. The van der Waals surface area contributed by atoms with Crippen molar-refractivity contribution < 1.29 is 9.53 Å². The molecule has 0 radical (unpaired) electrons. The summed E-state index contributed by atoms with van der Waals surface area (Å²) in [4.78, 5) is 12.0. The van der Waals surface area contributed by atoms with Gasteiger partial charge in [-0.2, -0.15) is 0 Å². The van der Waals surface area contributed by atoms with Gasteiger partial charge in [-0.3, -0.25) is 4.79 Å². The van der Waals surface area contributed by atoms with Crippen LogP contribution in [0.5, 0.6) is 0 Å². The number of hydrogen-bond acceptors (Lipinski definition) is 3. The Morgan fingerprint density at radius 2 is 2.17 bits per heavy atom. The first kappa shape index (κ1) is 15.0. The topological polar surface area (TPSA) is 50.4 Å². The van der Waals surface area contributed by atoms with Gasteiger partial charge in [0.25, 0.3) is 5.91 Å². The highest BCUT2D eigenvalue weighted by Gasteiger charge is 2.18. The zero-order chi connectivity index (χ0) is 12.1. The lowest BCUT2D eigenvalue weighted by Crippen LogP contribution is -2.48. The minimum absolute atomic E-state index is 0. The molecule has 1 heterocycles. The van der Waals surface area contributed by atoms with Gasteiger partial charge in [-0.15, -0.1) is 12.4 Å². The molecule has 1 aromatic rings. The molecular formula is C13H19ClN2O2. The van der Waals surface area contributed by atoms with Crippen LogP contribution in [0, 0.1) is 5.92 Å². The highest BCUT2D eigenvalue weighted by molar-refractivity contribution is 5.95. The van der Waals surface area contributed by atoms with Crippen molar-refractivity contribution in [2.45, 2.75) is 6.61 Å². The number of carbonyl (C=O) groups is 1. The van der Waals surface area contributed by atoms with Gasteiger partial charge in [0.05, 0.1) is 6.61 Å². The Morgan fingerprint density at radius 1 is 1.44 bits per heavy atom. The largest absolute Gasteiger partial charge is 0.380 e. The normalized spacial score (nSPS) is 14.5. The molecule has 0 atom stereocenters. The van der Waals surface area contributed by atoms with E-state index in [4.69, 9.17) is 4.74 Å². The van der Waals surface area contributed by atoms with Crippen molar-refractivity contribution in [3.63, 3.8) is 0 Å². The van der Waals surface area contributed by atoms with Crippen molar-refractivity contribution in [1.82, 2.24) is 10.6 Å². The molecule has 0 bridgehead atoms. The van der Waals surface area contributed by atoms with Crippen molar-refractivity contribution in [3.05, 3.63) is 35.4 Å². The summed E-state index contributed by atoms with van der Waals surface area (Å²) in [7, 11) is 1.63. The van der Waals surface area contributed by atoms with Gasteiger partial charge in [-0.1, -0.05) is 18.2 Å². The Morgan fingerprint density at radius 3 is 2.78 bits per heavy atom. The van der Waals surface area contributed by atoms with Gasteiger partial charge in [-0.05, 0) is 11.6 Å². The number of methoxy groups -OCH3 is 1. The van der Waals surface area contributed by atoms with E-state index in [9.17, 15) is 4.79 Å². The summed E-state index contributed by atoms with van der Waals surface area (Å²) in [6, 6.07) is 7.55. The van der Waals surface area contributed by atoms with Gasteiger partial charge in [0.15, 0.2) is 0 Å². The highest BCUT2D eigenvalue weighted by atomic mass is 35.5. The smallest absolute Gasteiger partial charge is 0.251 e. The van der Waals surface area contributed by atoms with Crippen LogP contribution in [0.3, 0.4) is 0 Å². The Bertz CT molecular complexity index is 394. The van der Waals surface area contributed by atoms with Crippen LogP contribution in [-0.4, -0.2) is 32.7 Å². The highest BCUT2D eigenvalue weighted by Crippen LogP contribution is 2.10. The van der Waals surface area contributed by atoms with Crippen molar-refractivity contribution >= 4 is 18.3 Å². The summed E-state index contributed by atoms with van der Waals surface area (Å²) in [6.07, 6.45) is 0. The molecule has 1 amide bonds. The quantitative estimate of drug-likeness (QED) is 0.846. The van der Waals surface area contributed by atoms with E-state index in [0.717, 1.165) is 25.2 Å². The molecular weight excluding hydrogens is 252 g/mol. The number of amides is 1. The van der Waals surface area contributed by atoms with E-state index in [1.54, 1.807) is 7.11 Å². The number of hydrogen-bond donors (Lipinski definition) is 2. The molecule has 0 unspecified atom stereocenters. The molecule has 1 aliphatic heterocycles. The minimum atomic E-state index is -0.00968. The third kappa shape index (κ3) is 3.70. The molecule has 0 aromatic heterocycles. The first-order chi connectivity index (χ1) is 8.31. The average molecular weight is 271 g/mol. The second kappa shape index (κ2) is 7.36. The summed E-state index contributed by atoms with van der Waals surface area (Å²) in [6.45, 7) is 3.21. The lowest BCUT2D eigenvalue weighted by atomic mass is 10.0. The van der Waals surface area contributed by atoms with E-state index in [-0.39, 0.29) is 18.3 Å². The number of benzene rings is 1. The van der Waals surface area contributed by atoms with E-state index in [1.807, 2.05) is 24.3 Å². The molecule has 2 rings (SSSR count). The second-order valence-electron chi connectivity index (χ2n) is 4.32. The van der Waals surface area contributed by atoms with Gasteiger partial charge in [0.1, 0.15) is 0 Å². The van der Waals surface area contributed by atoms with Crippen LogP contribution in [0.2, 0.25) is 0 Å². The van der Waals surface area contributed by atoms with E-state index >= 15 is 0 Å². The molecule has 100 valence electrons. The number of rotatable bonds is 5. The number of nitrogens with one attached hydrogen (secondary N) is 2. The average Bonchev–Trinajstić information content (AvgIpc) is 2.28. The van der Waals surface area contributed by atoms with E-state index < -0.39 is 0 Å². The Hall–Kier alpha value is -1.10. The maximum Gasteiger partial charge on any atom is 0.251 e. The minimum Gasteiger partial charge on any atom is -0.380 e. The molecule has 0 aliphatic carbocycles. The molecule has 1 saturated heterocycles. The zero-order valence-corrected chi connectivity index (χ0v) is 11.3. The summed E-state index contributed by atoms with van der Waals surface area (Å²) in [5.41, 5.74) is 1.64. The summed E-state index contributed by atoms with van der Waals surface area (Å²) in [5.74, 6) is 0.568. The number of carbonyl (C=O) groups excluding carboxylic acids is 1. The van der Waals surface area contributed by atoms with Crippen LogP contribution in [0.1, 0.15) is 15.9 Å². The Kier molecular flexibility index (Phi) is 6.12. The van der Waals surface area contributed by atoms with Crippen LogP contribution >= 0.6 is 12.4 Å². The van der Waals surface area contributed by atoms with Crippen molar-refractivity contribution in [3.8, 4) is 0 Å². The van der Waals surface area contributed by atoms with Gasteiger partial charge < -0.3 is 15.4 Å². The monoisotopic (exact) mass is 270 g/mol. The summed E-state index contributed by atoms with van der Waals surface area (Å²) < 4.78 is 5.09. The van der Waals surface area contributed by atoms with Crippen LogP contribution < -0.4 is 10.6 Å². The van der Waals surface area contributed by atoms with Crippen LogP contribution in [0.15, 0.2) is 24.3 Å². The Labute approximate surface area is 114 Å². The van der Waals surface area contributed by atoms with Crippen LogP contribution in [0.25, 0.3) is 0 Å². The van der Waals surface area contributed by atoms with Crippen molar-refractivity contribution in [2.24, 2.45) is 5.92 Å². The molecule has 4 nitrogen and oxygen atoms in total. The lowest BCUT2D eigenvalue weighted by Gasteiger charge is -2.27. The fraction of sp³-hybridized carbons (Fsp3) is 0.462. The SMILES string of the molecule is COCc1ccccc1C(=O)NCC1CNC1.Cl. The van der Waals surface area contributed by atoms with Crippen LogP contribution in [0.4, 0.5) is 0 Å². The third-order valence-electron chi connectivity index (χ3n) is 2.98. The predicted molar refractivity (Wildman–Crippen MR) is 73.1 cm³/mol. The molecule has 1 aromatic carbocycles. The lowest BCUT2D eigenvalue weighted by molar-refractivity contribution is 0.0937. The molecule has 0 spiro atoms. The molecule has 18 heavy (non-hydrogen) atoms. The van der Waals surface area contributed by atoms with Crippen LogP contribution in [-0.2, 0) is 11.3 Å². The van der Waals surface area contributed by atoms with Gasteiger partial charge >= 0.3 is 0 Å². The van der Waals surface area contributed by atoms with E-state index in [2.05, 4.69) is 10.6 Å². The van der Waals surface area contributed by atoms with Crippen molar-refractivity contribution in [2.75, 3.05) is 26.7 Å². The van der Waals surface area contributed by atoms with Gasteiger partial charge in [-0.25, -0.2) is 0 Å². The first-order valence-corrected chi connectivity index (χ1v) is 5.87. The number of halogens is 1. The molecule has 1 fully saturated rings. The Balaban J connectivity index is 0.00000162. The van der Waals surface area contributed by atoms with Gasteiger partial charge in [0, 0.05) is 38.2 Å². The van der Waals surface area contributed by atoms with E-state index in [1.165, 1.54) is 0 Å². The maximum atomic E-state index is 12.0. The summed E-state index contributed by atoms with van der Waals surface area (Å²) in [5, 5.41) is 6.15. The standard InChI is InChI=1S/C13H18N2O2.ClH/c1-17-9-11-4-2-3-5-12(11)13(16)15-8-10-6-14-7-10;/h2-5,10,14H,6-9H2,1H3,(H,15,16);1H. The fourth-order valence-electron chi connectivity index (χ4n) is 1.85. The molecule has 5 heteroatoms. The molecule has 1 aliphatic rings. The third-order valence-corrected chi connectivity index (χ3v) is 2.98. The molecule has 0 saturated carbocycles. The summed E-state index contributed by atoms with van der Waals surface area (Å²) >= 11 is 0. The van der Waals surface area contributed by atoms with Crippen molar-refractivity contribution in [1.29, 1.82) is 0 Å². The molecule has 2 N–H and O–H groups in total. The van der Waals surface area contributed by atoms with E-state index in [0.29, 0.717) is 18.1 Å². The first-order valence-electron chi connectivity index (χ1n) is 5.87.